The minimum Gasteiger partial charge on any atom is -0.381 e. The summed E-state index contributed by atoms with van der Waals surface area (Å²) in [6.45, 7) is 4.72. The Hall–Kier alpha value is -2.67. The van der Waals surface area contributed by atoms with Crippen molar-refractivity contribution in [1.29, 1.82) is 0 Å². The zero-order valence-corrected chi connectivity index (χ0v) is 14.3. The van der Waals surface area contributed by atoms with Crippen molar-refractivity contribution in [3.8, 4) is 0 Å². The van der Waals surface area contributed by atoms with E-state index in [1.54, 1.807) is 15.8 Å². The van der Waals surface area contributed by atoms with Gasteiger partial charge < -0.3 is 15.0 Å². The molecule has 1 aromatic carbocycles. The van der Waals surface area contributed by atoms with Gasteiger partial charge in [-0.15, -0.1) is 5.10 Å². The molecular formula is C18H21N5O2. The molecule has 0 spiro atoms. The summed E-state index contributed by atoms with van der Waals surface area (Å²) in [5.41, 5.74) is 0.827. The first-order valence-corrected chi connectivity index (χ1v) is 8.48. The number of hydrogen-bond acceptors (Lipinski definition) is 4. The van der Waals surface area contributed by atoms with E-state index in [4.69, 9.17) is 0 Å². The van der Waals surface area contributed by atoms with Crippen molar-refractivity contribution in [2.24, 2.45) is 0 Å². The highest BCUT2D eigenvalue weighted by molar-refractivity contribution is 6.05. The molecule has 1 atom stereocenters. The molecule has 3 heterocycles. The van der Waals surface area contributed by atoms with Crippen molar-refractivity contribution in [3.05, 3.63) is 47.9 Å². The number of aliphatic hydroxyl groups is 1. The van der Waals surface area contributed by atoms with Crippen LogP contribution in [0.2, 0.25) is 0 Å². The third kappa shape index (κ3) is 2.60. The molecule has 2 N–H and O–H groups in total. The molecule has 0 aliphatic carbocycles. The summed E-state index contributed by atoms with van der Waals surface area (Å²) < 4.78 is 1.72. The molecule has 2 aromatic heterocycles. The number of likely N-dealkylation sites (tertiary alicyclic amines) is 1. The number of aromatic nitrogens is 4. The Kier molecular flexibility index (Phi) is 3.61. The third-order valence-corrected chi connectivity index (χ3v) is 4.87. The number of amides is 1. The van der Waals surface area contributed by atoms with E-state index < -0.39 is 5.60 Å². The highest BCUT2D eigenvalue weighted by atomic mass is 16.3. The lowest BCUT2D eigenvalue weighted by molar-refractivity contribution is 0.0382. The summed E-state index contributed by atoms with van der Waals surface area (Å²) in [5.74, 6) is -0.0831. The second-order valence-corrected chi connectivity index (χ2v) is 6.93. The van der Waals surface area contributed by atoms with E-state index in [1.807, 2.05) is 44.3 Å². The van der Waals surface area contributed by atoms with Crippen molar-refractivity contribution >= 4 is 16.8 Å². The van der Waals surface area contributed by atoms with Crippen LogP contribution in [-0.2, 0) is 5.60 Å². The van der Waals surface area contributed by atoms with Gasteiger partial charge in [0.2, 0.25) is 0 Å². The quantitative estimate of drug-likeness (QED) is 0.765. The Morgan fingerprint density at radius 2 is 2.20 bits per heavy atom. The second-order valence-electron chi connectivity index (χ2n) is 6.93. The molecule has 25 heavy (non-hydrogen) atoms. The number of fused-ring (bicyclic) bond motifs is 1. The molecule has 3 aromatic rings. The molecule has 1 amide bonds. The van der Waals surface area contributed by atoms with Crippen LogP contribution in [-0.4, -0.2) is 49.0 Å². The van der Waals surface area contributed by atoms with Crippen LogP contribution in [0.3, 0.4) is 0 Å². The minimum atomic E-state index is -1.15. The Labute approximate surface area is 145 Å². The number of nitrogens with zero attached hydrogens (tertiary/aromatic N) is 4. The van der Waals surface area contributed by atoms with E-state index in [0.717, 1.165) is 10.9 Å². The van der Waals surface area contributed by atoms with Crippen LogP contribution in [0, 0.1) is 0 Å². The summed E-state index contributed by atoms with van der Waals surface area (Å²) in [7, 11) is 0. The fourth-order valence-electron chi connectivity index (χ4n) is 3.35. The van der Waals surface area contributed by atoms with E-state index in [0.29, 0.717) is 24.2 Å². The maximum atomic E-state index is 12.9. The maximum Gasteiger partial charge on any atom is 0.256 e. The summed E-state index contributed by atoms with van der Waals surface area (Å²) in [6, 6.07) is 7.77. The Bertz CT molecular complexity index is 928. The van der Waals surface area contributed by atoms with E-state index in [9.17, 15) is 9.90 Å². The van der Waals surface area contributed by atoms with Gasteiger partial charge in [0.1, 0.15) is 11.3 Å². The van der Waals surface area contributed by atoms with E-state index >= 15 is 0 Å². The predicted molar refractivity (Wildman–Crippen MR) is 93.1 cm³/mol. The van der Waals surface area contributed by atoms with Crippen LogP contribution >= 0.6 is 0 Å². The van der Waals surface area contributed by atoms with Gasteiger partial charge in [-0.1, -0.05) is 17.3 Å². The Morgan fingerprint density at radius 1 is 1.36 bits per heavy atom. The molecule has 4 rings (SSSR count). The molecule has 7 nitrogen and oxygen atoms in total. The lowest BCUT2D eigenvalue weighted by Crippen LogP contribution is -2.34. The van der Waals surface area contributed by atoms with Crippen molar-refractivity contribution in [3.63, 3.8) is 0 Å². The van der Waals surface area contributed by atoms with Crippen LogP contribution in [0.4, 0.5) is 0 Å². The van der Waals surface area contributed by atoms with E-state index in [1.165, 1.54) is 0 Å². The minimum absolute atomic E-state index is 0.0831. The summed E-state index contributed by atoms with van der Waals surface area (Å²) in [5, 5.41) is 20.2. The number of β-amino-alcohol motifs (C(OH)–C–C–N with tert-alkyl or cyclic N) is 1. The number of carbonyl (C=O) groups is 1. The lowest BCUT2D eigenvalue weighted by Gasteiger charge is -2.21. The van der Waals surface area contributed by atoms with Crippen LogP contribution in [0.15, 0.2) is 36.7 Å². The second kappa shape index (κ2) is 5.70. The van der Waals surface area contributed by atoms with Gasteiger partial charge >= 0.3 is 0 Å². The summed E-state index contributed by atoms with van der Waals surface area (Å²) >= 11 is 0. The molecule has 0 radical (unpaired) electrons. The number of nitrogens with one attached hydrogen (secondary N) is 1. The number of benzene rings is 1. The molecule has 1 fully saturated rings. The van der Waals surface area contributed by atoms with Crippen molar-refractivity contribution in [1.82, 2.24) is 24.9 Å². The monoisotopic (exact) mass is 339 g/mol. The average Bonchev–Trinajstić information content (AvgIpc) is 3.32. The number of carbonyl (C=O) groups excluding carboxylic acids is 1. The first-order valence-electron chi connectivity index (χ1n) is 8.48. The lowest BCUT2D eigenvalue weighted by atomic mass is 10.00. The third-order valence-electron chi connectivity index (χ3n) is 4.87. The first kappa shape index (κ1) is 15.8. The fraction of sp³-hybridized carbons (Fsp3) is 0.389. The molecule has 7 heteroatoms. The molecule has 0 bridgehead atoms. The van der Waals surface area contributed by atoms with Gasteiger partial charge in [-0.2, -0.15) is 0 Å². The van der Waals surface area contributed by atoms with Crippen molar-refractivity contribution in [2.75, 3.05) is 13.1 Å². The van der Waals surface area contributed by atoms with E-state index in [2.05, 4.69) is 15.3 Å². The summed E-state index contributed by atoms with van der Waals surface area (Å²) in [6.07, 6.45) is 4.05. The molecule has 1 saturated heterocycles. The van der Waals surface area contributed by atoms with Crippen LogP contribution < -0.4 is 0 Å². The van der Waals surface area contributed by atoms with Crippen molar-refractivity contribution in [2.45, 2.75) is 31.9 Å². The van der Waals surface area contributed by atoms with Crippen LogP contribution in [0.25, 0.3) is 10.9 Å². The SMILES string of the molecule is CC(C)n1cc([C@]2(O)CCN(C(=O)c3cccc4cc[nH]c34)C2)nn1. The topological polar surface area (TPSA) is 87.0 Å². The molecule has 1 aliphatic heterocycles. The molecular weight excluding hydrogens is 318 g/mol. The van der Waals surface area contributed by atoms with E-state index in [-0.39, 0.29) is 18.5 Å². The van der Waals surface area contributed by atoms with Gasteiger partial charge in [0.05, 0.1) is 23.8 Å². The standard InChI is InChI=1S/C18H21N5O2/c1-12(2)23-10-15(20-21-23)18(25)7-9-22(11-18)17(24)14-5-3-4-13-6-8-19-16(13)14/h3-6,8,10,12,19,25H,7,9,11H2,1-2H3/t18-/m0/s1. The molecule has 0 saturated carbocycles. The number of rotatable bonds is 3. The Morgan fingerprint density at radius 3 is 2.96 bits per heavy atom. The normalized spacial score (nSPS) is 20.7. The maximum absolute atomic E-state index is 12.9. The number of aromatic amines is 1. The number of para-hydroxylation sites is 1. The highest BCUT2D eigenvalue weighted by Crippen LogP contribution is 2.32. The largest absolute Gasteiger partial charge is 0.381 e. The smallest absolute Gasteiger partial charge is 0.256 e. The van der Waals surface area contributed by atoms with Gasteiger partial charge in [0, 0.05) is 30.6 Å². The number of H-pyrrole nitrogens is 1. The summed E-state index contributed by atoms with van der Waals surface area (Å²) in [4.78, 5) is 17.8. The van der Waals surface area contributed by atoms with Crippen LogP contribution in [0.1, 0.15) is 42.4 Å². The zero-order valence-electron chi connectivity index (χ0n) is 14.3. The molecule has 0 unspecified atom stereocenters. The van der Waals surface area contributed by atoms with Gasteiger partial charge in [0.25, 0.3) is 5.91 Å². The van der Waals surface area contributed by atoms with Crippen LogP contribution in [0.5, 0.6) is 0 Å². The van der Waals surface area contributed by atoms with Crippen molar-refractivity contribution < 1.29 is 9.90 Å². The molecule has 130 valence electrons. The first-order chi connectivity index (χ1) is 12.0. The van der Waals surface area contributed by atoms with Gasteiger partial charge in [0.15, 0.2) is 0 Å². The molecule has 1 aliphatic rings. The fourth-order valence-corrected chi connectivity index (χ4v) is 3.35. The Balaban J connectivity index is 1.59. The predicted octanol–water partition coefficient (Wildman–Crippen LogP) is 2.07. The van der Waals surface area contributed by atoms with Gasteiger partial charge in [-0.3, -0.25) is 4.79 Å². The average molecular weight is 339 g/mol. The van der Waals surface area contributed by atoms with Gasteiger partial charge in [-0.05, 0) is 26.0 Å². The zero-order chi connectivity index (χ0) is 17.6. The van der Waals surface area contributed by atoms with Gasteiger partial charge in [-0.25, -0.2) is 4.68 Å². The highest BCUT2D eigenvalue weighted by Gasteiger charge is 2.42. The number of hydrogen-bond donors (Lipinski definition) is 2.